The van der Waals surface area contributed by atoms with Gasteiger partial charge in [0.25, 0.3) is 0 Å². The predicted molar refractivity (Wildman–Crippen MR) is 35.6 cm³/mol. The molecule has 10 heavy (non-hydrogen) atoms. The number of benzene rings is 1. The zero-order valence-corrected chi connectivity index (χ0v) is 5.43. The van der Waals surface area contributed by atoms with Gasteiger partial charge in [0, 0.05) is 12.0 Å². The van der Waals surface area contributed by atoms with Crippen LogP contribution in [0.2, 0.25) is 0 Å². The third-order valence-corrected chi connectivity index (χ3v) is 1.65. The van der Waals surface area contributed by atoms with Gasteiger partial charge >= 0.3 is 0 Å². The molecule has 1 nitrogen and oxygen atoms in total. The summed E-state index contributed by atoms with van der Waals surface area (Å²) in [6.45, 7) is 0.693. The highest BCUT2D eigenvalue weighted by Gasteiger charge is 2.11. The van der Waals surface area contributed by atoms with E-state index in [1.54, 1.807) is 6.07 Å². The summed E-state index contributed by atoms with van der Waals surface area (Å²) in [6, 6.07) is 4.63. The van der Waals surface area contributed by atoms with Crippen LogP contribution in [-0.2, 0) is 6.42 Å². The fraction of sp³-hybridized carbons (Fsp3) is 0.250. The minimum Gasteiger partial charge on any atom is -0.493 e. The zero-order chi connectivity index (χ0) is 6.97. The van der Waals surface area contributed by atoms with Crippen LogP contribution in [0.15, 0.2) is 18.2 Å². The molecule has 1 aliphatic heterocycles. The van der Waals surface area contributed by atoms with Crippen molar-refractivity contribution in [3.63, 3.8) is 0 Å². The SMILES string of the molecule is [18F]c1ccc2c(c1)CCO2. The molecule has 0 atom stereocenters. The third-order valence-electron chi connectivity index (χ3n) is 1.65. The van der Waals surface area contributed by atoms with Crippen LogP contribution in [0.5, 0.6) is 5.75 Å². The molecule has 0 saturated carbocycles. The normalized spacial score (nSPS) is 14.5. The summed E-state index contributed by atoms with van der Waals surface area (Å²) in [4.78, 5) is 0. The van der Waals surface area contributed by atoms with Crippen molar-refractivity contribution in [2.75, 3.05) is 6.61 Å². The third kappa shape index (κ3) is 0.764. The summed E-state index contributed by atoms with van der Waals surface area (Å²) in [7, 11) is 0. The molecule has 0 bridgehead atoms. The Morgan fingerprint density at radius 1 is 1.40 bits per heavy atom. The smallest absolute Gasteiger partial charge is 0.123 e. The maximum atomic E-state index is 12.5. The lowest BCUT2D eigenvalue weighted by molar-refractivity contribution is 0.356. The fourth-order valence-electron chi connectivity index (χ4n) is 1.16. The highest BCUT2D eigenvalue weighted by Crippen LogP contribution is 2.24. The van der Waals surface area contributed by atoms with Crippen LogP contribution < -0.4 is 4.74 Å². The number of hydrogen-bond donors (Lipinski definition) is 0. The minimum atomic E-state index is -0.177. The van der Waals surface area contributed by atoms with Gasteiger partial charge in [0.2, 0.25) is 0 Å². The molecule has 0 unspecified atom stereocenters. The molecule has 0 radical (unpaired) electrons. The zero-order valence-electron chi connectivity index (χ0n) is 5.43. The maximum Gasteiger partial charge on any atom is 0.123 e. The summed E-state index contributed by atoms with van der Waals surface area (Å²) in [5.74, 6) is 0.658. The molecule has 0 amide bonds. The maximum absolute atomic E-state index is 12.5. The van der Waals surface area contributed by atoms with Gasteiger partial charge in [-0.15, -0.1) is 0 Å². The summed E-state index contributed by atoms with van der Waals surface area (Å²) in [5, 5.41) is 0. The van der Waals surface area contributed by atoms with E-state index in [9.17, 15) is 4.39 Å². The summed E-state index contributed by atoms with van der Waals surface area (Å²) in [6.07, 6.45) is 0.840. The first-order chi connectivity index (χ1) is 4.86. The number of ether oxygens (including phenoxy) is 1. The second-order valence-electron chi connectivity index (χ2n) is 2.35. The molecule has 0 aliphatic carbocycles. The van der Waals surface area contributed by atoms with Crippen molar-refractivity contribution < 1.29 is 9.13 Å². The largest absolute Gasteiger partial charge is 0.493 e. The van der Waals surface area contributed by atoms with Crippen LogP contribution in [0.25, 0.3) is 0 Å². The first-order valence-corrected chi connectivity index (χ1v) is 3.27. The van der Waals surface area contributed by atoms with Gasteiger partial charge in [-0.2, -0.15) is 0 Å². The van der Waals surface area contributed by atoms with Crippen molar-refractivity contribution in [3.05, 3.63) is 29.6 Å². The first-order valence-electron chi connectivity index (χ1n) is 3.27. The number of fused-ring (bicyclic) bond motifs is 1. The van der Waals surface area contributed by atoms with Crippen LogP contribution >= 0.6 is 0 Å². The average molecular weight is 137 g/mol. The second-order valence-corrected chi connectivity index (χ2v) is 2.35. The summed E-state index contributed by atoms with van der Waals surface area (Å²) < 4.78 is 17.7. The van der Waals surface area contributed by atoms with Crippen molar-refractivity contribution in [1.82, 2.24) is 0 Å². The standard InChI is InChI=1S/C8H7FO/c9-7-1-2-8-6(5-7)3-4-10-8/h1-2,5H,3-4H2/i9-1. The Hall–Kier alpha value is -1.05. The topological polar surface area (TPSA) is 9.23 Å². The molecule has 0 aromatic heterocycles. The number of hydrogen-bond acceptors (Lipinski definition) is 1. The van der Waals surface area contributed by atoms with Crippen LogP contribution in [0.1, 0.15) is 5.56 Å². The van der Waals surface area contributed by atoms with E-state index >= 15 is 0 Å². The van der Waals surface area contributed by atoms with Crippen molar-refractivity contribution in [1.29, 1.82) is 0 Å². The Kier molecular flexibility index (Phi) is 1.13. The Bertz CT molecular complexity index is 257. The van der Waals surface area contributed by atoms with Crippen molar-refractivity contribution in [2.24, 2.45) is 0 Å². The van der Waals surface area contributed by atoms with E-state index in [0.717, 1.165) is 17.7 Å². The van der Waals surface area contributed by atoms with Crippen molar-refractivity contribution in [2.45, 2.75) is 6.42 Å². The Morgan fingerprint density at radius 2 is 2.30 bits per heavy atom. The van der Waals surface area contributed by atoms with Gasteiger partial charge in [0.05, 0.1) is 6.61 Å². The molecule has 0 N–H and O–H groups in total. The van der Waals surface area contributed by atoms with Gasteiger partial charge in [0.1, 0.15) is 11.6 Å². The van der Waals surface area contributed by atoms with Gasteiger partial charge in [-0.25, -0.2) is 4.39 Å². The molecule has 0 fully saturated rings. The molecule has 0 saturated heterocycles. The monoisotopic (exact) mass is 137 g/mol. The minimum absolute atomic E-state index is 0.177. The van der Waals surface area contributed by atoms with Crippen LogP contribution in [-0.4, -0.2) is 6.61 Å². The molecule has 1 heterocycles. The molecular weight excluding hydrogens is 130 g/mol. The van der Waals surface area contributed by atoms with Gasteiger partial charge in [-0.05, 0) is 18.2 Å². The van der Waals surface area contributed by atoms with Gasteiger partial charge < -0.3 is 4.74 Å². The lowest BCUT2D eigenvalue weighted by Gasteiger charge is -1.95. The lowest BCUT2D eigenvalue weighted by Crippen LogP contribution is -1.85. The van der Waals surface area contributed by atoms with Gasteiger partial charge in [-0.3, -0.25) is 0 Å². The van der Waals surface area contributed by atoms with E-state index in [0.29, 0.717) is 6.61 Å². The molecule has 52 valence electrons. The first kappa shape index (κ1) is 5.71. The van der Waals surface area contributed by atoms with Crippen LogP contribution in [0.3, 0.4) is 0 Å². The molecule has 1 aliphatic rings. The van der Waals surface area contributed by atoms with Crippen molar-refractivity contribution >= 4 is 0 Å². The molecule has 0 spiro atoms. The van der Waals surface area contributed by atoms with E-state index in [1.165, 1.54) is 12.1 Å². The molecule has 2 heteroatoms. The molecular formula is C8H7FO. The fourth-order valence-corrected chi connectivity index (χ4v) is 1.16. The van der Waals surface area contributed by atoms with E-state index in [-0.39, 0.29) is 5.82 Å². The predicted octanol–water partition coefficient (Wildman–Crippen LogP) is 1.76. The summed E-state index contributed by atoms with van der Waals surface area (Å²) >= 11 is 0. The van der Waals surface area contributed by atoms with Crippen molar-refractivity contribution in [3.8, 4) is 5.75 Å². The average Bonchev–Trinajstić information content (AvgIpc) is 2.33. The molecule has 2 rings (SSSR count). The number of halogens is 1. The van der Waals surface area contributed by atoms with E-state index < -0.39 is 0 Å². The highest BCUT2D eigenvalue weighted by molar-refractivity contribution is 5.36. The van der Waals surface area contributed by atoms with E-state index in [4.69, 9.17) is 4.74 Å². The quantitative estimate of drug-likeness (QED) is 0.529. The Morgan fingerprint density at radius 3 is 3.20 bits per heavy atom. The molecule has 1 aromatic carbocycles. The van der Waals surface area contributed by atoms with E-state index in [1.807, 2.05) is 0 Å². The Balaban J connectivity index is 2.52. The Labute approximate surface area is 58.4 Å². The highest BCUT2D eigenvalue weighted by atomic mass is 18.2. The van der Waals surface area contributed by atoms with Crippen LogP contribution in [0, 0.1) is 5.82 Å². The summed E-state index contributed by atoms with van der Waals surface area (Å²) in [5.41, 5.74) is 0.986. The van der Waals surface area contributed by atoms with Gasteiger partial charge in [-0.1, -0.05) is 0 Å². The van der Waals surface area contributed by atoms with Crippen LogP contribution in [0.4, 0.5) is 4.39 Å². The van der Waals surface area contributed by atoms with Gasteiger partial charge in [0.15, 0.2) is 0 Å². The van der Waals surface area contributed by atoms with E-state index in [2.05, 4.69) is 0 Å². The molecule has 1 aromatic rings. The number of rotatable bonds is 0. The lowest BCUT2D eigenvalue weighted by atomic mass is 10.2. The second kappa shape index (κ2) is 1.97.